The van der Waals surface area contributed by atoms with Crippen LogP contribution in [0.15, 0.2) is 0 Å². The summed E-state index contributed by atoms with van der Waals surface area (Å²) in [5.74, 6) is -0.0402. The van der Waals surface area contributed by atoms with E-state index in [1.807, 2.05) is 0 Å². The topological polar surface area (TPSA) is 91.4 Å². The van der Waals surface area contributed by atoms with Crippen molar-refractivity contribution in [2.75, 3.05) is 32.8 Å². The number of carbonyl (C=O) groups is 1. The molecule has 1 aliphatic heterocycles. The number of amides is 2. The first-order valence-electron chi connectivity index (χ1n) is 4.13. The van der Waals surface area contributed by atoms with Gasteiger partial charge in [-0.1, -0.05) is 0 Å². The van der Waals surface area contributed by atoms with Gasteiger partial charge in [-0.2, -0.15) is 0 Å². The summed E-state index contributed by atoms with van der Waals surface area (Å²) >= 11 is 0. The van der Waals surface area contributed by atoms with Gasteiger partial charge in [0.1, 0.15) is 5.84 Å². The van der Waals surface area contributed by atoms with Crippen molar-refractivity contribution in [3.63, 3.8) is 0 Å². The molecule has 0 aromatic heterocycles. The Kier molecular flexibility index (Phi) is 3.51. The highest BCUT2D eigenvalue weighted by molar-refractivity contribution is 5.84. The first-order valence-corrected chi connectivity index (χ1v) is 4.13. The summed E-state index contributed by atoms with van der Waals surface area (Å²) in [6, 6.07) is -0.182. The van der Waals surface area contributed by atoms with Crippen LogP contribution in [0.4, 0.5) is 4.79 Å². The Labute approximate surface area is 76.5 Å². The summed E-state index contributed by atoms with van der Waals surface area (Å²) < 4.78 is 5.09. The van der Waals surface area contributed by atoms with Gasteiger partial charge in [-0.25, -0.2) is 4.79 Å². The van der Waals surface area contributed by atoms with Crippen molar-refractivity contribution < 1.29 is 9.53 Å². The second-order valence-corrected chi connectivity index (χ2v) is 2.78. The number of nitrogens with two attached hydrogens (primary N) is 1. The lowest BCUT2D eigenvalue weighted by molar-refractivity contribution is 0.0535. The molecule has 0 saturated carbocycles. The number of hydrogen-bond donors (Lipinski definition) is 3. The fourth-order valence-electron chi connectivity index (χ4n) is 1.05. The van der Waals surface area contributed by atoms with Crippen LogP contribution in [0.1, 0.15) is 0 Å². The fourth-order valence-corrected chi connectivity index (χ4v) is 1.05. The van der Waals surface area contributed by atoms with E-state index in [2.05, 4.69) is 5.32 Å². The fraction of sp³-hybridized carbons (Fsp3) is 0.714. The molecular formula is C7H14N4O2. The lowest BCUT2D eigenvalue weighted by Crippen LogP contribution is -2.47. The maximum absolute atomic E-state index is 11.3. The molecule has 1 fully saturated rings. The first-order chi connectivity index (χ1) is 6.20. The van der Waals surface area contributed by atoms with Gasteiger partial charge in [0, 0.05) is 13.1 Å². The smallest absolute Gasteiger partial charge is 0.317 e. The van der Waals surface area contributed by atoms with Gasteiger partial charge in [-0.15, -0.1) is 0 Å². The molecule has 0 aromatic carbocycles. The number of nitrogens with one attached hydrogen (secondary N) is 2. The van der Waals surface area contributed by atoms with Crippen molar-refractivity contribution in [3.05, 3.63) is 0 Å². The lowest BCUT2D eigenvalue weighted by Gasteiger charge is -2.26. The van der Waals surface area contributed by atoms with Crippen molar-refractivity contribution in [3.8, 4) is 0 Å². The zero-order chi connectivity index (χ0) is 9.68. The third-order valence-electron chi connectivity index (χ3n) is 1.73. The highest BCUT2D eigenvalue weighted by Gasteiger charge is 2.15. The Morgan fingerprint density at radius 2 is 2.15 bits per heavy atom. The van der Waals surface area contributed by atoms with Gasteiger partial charge >= 0.3 is 6.03 Å². The summed E-state index contributed by atoms with van der Waals surface area (Å²) in [7, 11) is 0. The van der Waals surface area contributed by atoms with Crippen LogP contribution in [0.25, 0.3) is 0 Å². The summed E-state index contributed by atoms with van der Waals surface area (Å²) in [5.41, 5.74) is 5.10. The minimum absolute atomic E-state index is 0.0402. The van der Waals surface area contributed by atoms with E-state index >= 15 is 0 Å². The minimum atomic E-state index is -0.182. The van der Waals surface area contributed by atoms with E-state index in [1.54, 1.807) is 4.90 Å². The van der Waals surface area contributed by atoms with Gasteiger partial charge in [0.05, 0.1) is 19.8 Å². The van der Waals surface area contributed by atoms with Gasteiger partial charge in [-0.05, 0) is 0 Å². The molecule has 0 bridgehead atoms. The number of nitrogens with zero attached hydrogens (tertiary/aromatic N) is 1. The summed E-state index contributed by atoms with van der Waals surface area (Å²) in [6.45, 7) is 2.46. The number of ether oxygens (including phenoxy) is 1. The quantitative estimate of drug-likeness (QED) is 0.380. The summed E-state index contributed by atoms with van der Waals surface area (Å²) in [5, 5.41) is 9.46. The van der Waals surface area contributed by atoms with Gasteiger partial charge in [0.2, 0.25) is 0 Å². The van der Waals surface area contributed by atoms with E-state index in [0.29, 0.717) is 26.3 Å². The molecule has 1 aliphatic rings. The Bertz CT molecular complexity index is 201. The van der Waals surface area contributed by atoms with Gasteiger partial charge in [0.25, 0.3) is 0 Å². The maximum Gasteiger partial charge on any atom is 0.317 e. The molecule has 1 rings (SSSR count). The Balaban J connectivity index is 2.25. The van der Waals surface area contributed by atoms with Crippen LogP contribution in [-0.4, -0.2) is 49.6 Å². The number of urea groups is 1. The van der Waals surface area contributed by atoms with Crippen LogP contribution in [0.3, 0.4) is 0 Å². The molecule has 6 nitrogen and oxygen atoms in total. The normalized spacial score (nSPS) is 16.8. The molecule has 13 heavy (non-hydrogen) atoms. The third kappa shape index (κ3) is 3.29. The number of rotatable bonds is 2. The van der Waals surface area contributed by atoms with Crippen LogP contribution < -0.4 is 11.1 Å². The van der Waals surface area contributed by atoms with Crippen molar-refractivity contribution in [2.24, 2.45) is 5.73 Å². The van der Waals surface area contributed by atoms with Crippen LogP contribution >= 0.6 is 0 Å². The molecule has 1 saturated heterocycles. The van der Waals surface area contributed by atoms with Crippen LogP contribution in [-0.2, 0) is 4.74 Å². The van der Waals surface area contributed by atoms with E-state index < -0.39 is 0 Å². The van der Waals surface area contributed by atoms with E-state index in [1.165, 1.54) is 0 Å². The average molecular weight is 186 g/mol. The number of carbonyl (C=O) groups excluding carboxylic acids is 1. The van der Waals surface area contributed by atoms with Crippen molar-refractivity contribution in [2.45, 2.75) is 0 Å². The second kappa shape index (κ2) is 4.66. The minimum Gasteiger partial charge on any atom is -0.386 e. The molecule has 0 atom stereocenters. The molecule has 0 radical (unpaired) electrons. The first kappa shape index (κ1) is 9.79. The highest BCUT2D eigenvalue weighted by Crippen LogP contribution is 1.96. The maximum atomic E-state index is 11.3. The predicted octanol–water partition coefficient (Wildman–Crippen LogP) is -1.04. The largest absolute Gasteiger partial charge is 0.386 e. The van der Waals surface area contributed by atoms with Crippen molar-refractivity contribution in [1.29, 1.82) is 5.41 Å². The summed E-state index contributed by atoms with van der Waals surface area (Å²) in [4.78, 5) is 13.0. The monoisotopic (exact) mass is 186 g/mol. The van der Waals surface area contributed by atoms with Gasteiger partial charge in [-0.3, -0.25) is 5.41 Å². The lowest BCUT2D eigenvalue weighted by atomic mass is 10.4. The number of hydrogen-bond acceptors (Lipinski definition) is 3. The molecule has 74 valence electrons. The van der Waals surface area contributed by atoms with Crippen molar-refractivity contribution in [1.82, 2.24) is 10.2 Å². The zero-order valence-corrected chi connectivity index (χ0v) is 7.38. The predicted molar refractivity (Wildman–Crippen MR) is 47.7 cm³/mol. The average Bonchev–Trinajstić information content (AvgIpc) is 2.15. The molecular weight excluding hydrogens is 172 g/mol. The molecule has 0 aliphatic carbocycles. The molecule has 0 aromatic rings. The summed E-state index contributed by atoms with van der Waals surface area (Å²) in [6.07, 6.45) is 0. The second-order valence-electron chi connectivity index (χ2n) is 2.78. The molecule has 2 amide bonds. The SMILES string of the molecule is N=C(N)CNC(=O)N1CCOCC1. The number of morpholine rings is 1. The van der Waals surface area contributed by atoms with Crippen LogP contribution in [0, 0.1) is 5.41 Å². The number of amidine groups is 1. The Hall–Kier alpha value is -1.30. The Morgan fingerprint density at radius 3 is 2.69 bits per heavy atom. The molecule has 0 unspecified atom stereocenters. The van der Waals surface area contributed by atoms with Crippen LogP contribution in [0.5, 0.6) is 0 Å². The van der Waals surface area contributed by atoms with E-state index in [-0.39, 0.29) is 18.4 Å². The highest BCUT2D eigenvalue weighted by atomic mass is 16.5. The van der Waals surface area contributed by atoms with Crippen LogP contribution in [0.2, 0.25) is 0 Å². The molecule has 6 heteroatoms. The van der Waals surface area contributed by atoms with E-state index in [0.717, 1.165) is 0 Å². The van der Waals surface area contributed by atoms with E-state index in [4.69, 9.17) is 15.9 Å². The third-order valence-corrected chi connectivity index (χ3v) is 1.73. The standard InChI is InChI=1S/C7H14N4O2/c8-6(9)5-10-7(12)11-1-3-13-4-2-11/h1-5H2,(H3,8,9)(H,10,12). The molecule has 0 spiro atoms. The van der Waals surface area contributed by atoms with Crippen molar-refractivity contribution >= 4 is 11.9 Å². The van der Waals surface area contributed by atoms with Gasteiger partial charge in [0.15, 0.2) is 0 Å². The van der Waals surface area contributed by atoms with Gasteiger partial charge < -0.3 is 20.7 Å². The van der Waals surface area contributed by atoms with E-state index in [9.17, 15) is 4.79 Å². The molecule has 4 N–H and O–H groups in total. The Morgan fingerprint density at radius 1 is 1.54 bits per heavy atom. The zero-order valence-electron chi connectivity index (χ0n) is 7.38. The molecule has 1 heterocycles.